The van der Waals surface area contributed by atoms with Crippen molar-refractivity contribution in [2.24, 2.45) is 11.8 Å². The second-order valence-electron chi connectivity index (χ2n) is 10.4. The van der Waals surface area contributed by atoms with Crippen LogP contribution in [0, 0.1) is 11.8 Å². The van der Waals surface area contributed by atoms with Crippen LogP contribution in [-0.2, 0) is 11.2 Å². The number of aryl methyl sites for hydroxylation is 1. The van der Waals surface area contributed by atoms with E-state index in [0.717, 1.165) is 56.4 Å². The molecule has 2 aliphatic rings. The standard InChI is InChI=1S/C30H38FNO3/c1-20(2)16-24-7-4-6-23-17-25(30(34)35-3)12-13-27(23)28(24)21-8-10-22(11-9-21)29(33)26-18-32(19-26)15-5-14-31/h8-13,17,20,26,29,33H,4-7,14-16,18-19H2,1-3H3. The van der Waals surface area contributed by atoms with E-state index in [1.54, 1.807) is 0 Å². The number of benzene rings is 2. The Morgan fingerprint density at radius 3 is 2.54 bits per heavy atom. The summed E-state index contributed by atoms with van der Waals surface area (Å²) < 4.78 is 17.4. The van der Waals surface area contributed by atoms with E-state index in [1.807, 2.05) is 12.1 Å². The molecule has 0 aromatic heterocycles. The highest BCUT2D eigenvalue weighted by Gasteiger charge is 2.33. The molecule has 2 aromatic carbocycles. The van der Waals surface area contributed by atoms with Gasteiger partial charge in [-0.05, 0) is 78.0 Å². The summed E-state index contributed by atoms with van der Waals surface area (Å²) in [5.41, 5.74) is 7.80. The molecule has 5 heteroatoms. The van der Waals surface area contributed by atoms with Crippen molar-refractivity contribution in [1.82, 2.24) is 4.90 Å². The third kappa shape index (κ3) is 5.84. The number of likely N-dealkylation sites (tertiary alicyclic amines) is 1. The summed E-state index contributed by atoms with van der Waals surface area (Å²) >= 11 is 0. The Balaban J connectivity index is 1.62. The Morgan fingerprint density at radius 1 is 1.14 bits per heavy atom. The van der Waals surface area contributed by atoms with E-state index < -0.39 is 6.10 Å². The van der Waals surface area contributed by atoms with Crippen LogP contribution in [0.5, 0.6) is 0 Å². The number of ether oxygens (including phenoxy) is 1. The van der Waals surface area contributed by atoms with E-state index in [-0.39, 0.29) is 18.6 Å². The molecule has 1 unspecified atom stereocenters. The van der Waals surface area contributed by atoms with Gasteiger partial charge < -0.3 is 14.7 Å². The van der Waals surface area contributed by atoms with E-state index >= 15 is 0 Å². The first kappa shape index (κ1) is 25.6. The number of aliphatic hydroxyl groups excluding tert-OH is 1. The average Bonchev–Trinajstić information content (AvgIpc) is 3.00. The van der Waals surface area contributed by atoms with E-state index in [9.17, 15) is 14.3 Å². The first-order chi connectivity index (χ1) is 16.9. The number of alkyl halides is 1. The van der Waals surface area contributed by atoms with Gasteiger partial charge in [-0.25, -0.2) is 4.79 Å². The van der Waals surface area contributed by atoms with Gasteiger partial charge in [0.1, 0.15) is 0 Å². The van der Waals surface area contributed by atoms with Gasteiger partial charge in [0.05, 0.1) is 25.5 Å². The van der Waals surface area contributed by atoms with E-state index in [4.69, 9.17) is 4.74 Å². The lowest BCUT2D eigenvalue weighted by Gasteiger charge is -2.41. The molecule has 0 bridgehead atoms. The maximum absolute atomic E-state index is 12.4. The lowest BCUT2D eigenvalue weighted by atomic mass is 9.85. The number of fused-ring (bicyclic) bond motifs is 1. The zero-order valence-electron chi connectivity index (χ0n) is 21.2. The zero-order valence-corrected chi connectivity index (χ0v) is 21.2. The Labute approximate surface area is 208 Å². The van der Waals surface area contributed by atoms with E-state index in [0.29, 0.717) is 17.9 Å². The molecular weight excluding hydrogens is 441 g/mol. The number of esters is 1. The summed E-state index contributed by atoms with van der Waals surface area (Å²) in [5.74, 6) is 0.449. The number of hydrogen-bond donors (Lipinski definition) is 1. The molecule has 0 spiro atoms. The summed E-state index contributed by atoms with van der Waals surface area (Å²) in [7, 11) is 1.42. The fraction of sp³-hybridized carbons (Fsp3) is 0.500. The molecule has 2 aromatic rings. The van der Waals surface area contributed by atoms with Crippen molar-refractivity contribution in [2.75, 3.05) is 33.4 Å². The Morgan fingerprint density at radius 2 is 1.89 bits per heavy atom. The predicted molar refractivity (Wildman–Crippen MR) is 138 cm³/mol. The number of nitrogens with zero attached hydrogens (tertiary/aromatic N) is 1. The van der Waals surface area contributed by atoms with Crippen LogP contribution in [0.1, 0.15) is 78.2 Å². The molecule has 1 atom stereocenters. The Kier molecular flexibility index (Phi) is 8.40. The fourth-order valence-electron chi connectivity index (χ4n) is 5.55. The van der Waals surface area contributed by atoms with Gasteiger partial charge in [-0.15, -0.1) is 0 Å². The third-order valence-corrected chi connectivity index (χ3v) is 7.31. The van der Waals surface area contributed by atoms with Gasteiger partial charge in [-0.3, -0.25) is 4.39 Å². The van der Waals surface area contributed by atoms with Crippen LogP contribution >= 0.6 is 0 Å². The van der Waals surface area contributed by atoms with Gasteiger partial charge in [0.15, 0.2) is 0 Å². The van der Waals surface area contributed by atoms with Crippen LogP contribution in [-0.4, -0.2) is 49.4 Å². The van der Waals surface area contributed by atoms with Crippen LogP contribution in [0.15, 0.2) is 48.0 Å². The normalized spacial score (nSPS) is 17.7. The van der Waals surface area contributed by atoms with Crippen LogP contribution in [0.25, 0.3) is 5.57 Å². The lowest BCUT2D eigenvalue weighted by molar-refractivity contribution is -0.00608. The van der Waals surface area contributed by atoms with Gasteiger partial charge in [-0.1, -0.05) is 49.8 Å². The van der Waals surface area contributed by atoms with Crippen molar-refractivity contribution >= 4 is 11.5 Å². The van der Waals surface area contributed by atoms with Crippen LogP contribution in [0.2, 0.25) is 0 Å². The molecule has 1 heterocycles. The maximum atomic E-state index is 12.4. The molecule has 188 valence electrons. The first-order valence-electron chi connectivity index (χ1n) is 12.9. The number of allylic oxidation sites excluding steroid dienone is 1. The third-order valence-electron chi connectivity index (χ3n) is 7.31. The number of rotatable bonds is 9. The smallest absolute Gasteiger partial charge is 0.337 e. The van der Waals surface area contributed by atoms with Gasteiger partial charge in [-0.2, -0.15) is 0 Å². The number of hydrogen-bond acceptors (Lipinski definition) is 4. The van der Waals surface area contributed by atoms with Crippen molar-refractivity contribution in [2.45, 2.75) is 52.1 Å². The molecule has 1 saturated heterocycles. The number of carbonyl (C=O) groups excluding carboxylic acids is 1. The monoisotopic (exact) mass is 479 g/mol. The summed E-state index contributed by atoms with van der Waals surface area (Å²) in [6.45, 7) is 6.64. The zero-order chi connectivity index (χ0) is 24.9. The first-order valence-corrected chi connectivity index (χ1v) is 12.9. The largest absolute Gasteiger partial charge is 0.465 e. The summed E-state index contributed by atoms with van der Waals surface area (Å²) in [6.07, 6.45) is 4.13. The topological polar surface area (TPSA) is 49.8 Å². The number of carbonyl (C=O) groups is 1. The number of aliphatic hydroxyl groups is 1. The van der Waals surface area contributed by atoms with Gasteiger partial charge in [0, 0.05) is 25.6 Å². The molecule has 4 nitrogen and oxygen atoms in total. The quantitative estimate of drug-likeness (QED) is 0.450. The van der Waals surface area contributed by atoms with Crippen molar-refractivity contribution in [1.29, 1.82) is 0 Å². The molecule has 1 N–H and O–H groups in total. The number of methoxy groups -OCH3 is 1. The minimum Gasteiger partial charge on any atom is -0.465 e. The SMILES string of the molecule is COC(=O)c1ccc2c(c1)CCCC(CC(C)C)=C2c1ccc(C(O)C2CN(CCCF)C2)cc1. The van der Waals surface area contributed by atoms with Crippen LogP contribution in [0.4, 0.5) is 4.39 Å². The molecule has 0 amide bonds. The summed E-state index contributed by atoms with van der Waals surface area (Å²) in [5, 5.41) is 10.9. The molecule has 1 fully saturated rings. The van der Waals surface area contributed by atoms with Gasteiger partial charge >= 0.3 is 5.97 Å². The fourth-order valence-corrected chi connectivity index (χ4v) is 5.55. The molecular formula is C30H38FNO3. The molecule has 4 rings (SSSR count). The van der Waals surface area contributed by atoms with Gasteiger partial charge in [0.2, 0.25) is 0 Å². The van der Waals surface area contributed by atoms with Crippen LogP contribution in [0.3, 0.4) is 0 Å². The lowest BCUT2D eigenvalue weighted by Crippen LogP contribution is -2.49. The van der Waals surface area contributed by atoms with Crippen molar-refractivity contribution < 1.29 is 19.0 Å². The molecule has 35 heavy (non-hydrogen) atoms. The van der Waals surface area contributed by atoms with Crippen molar-refractivity contribution in [3.63, 3.8) is 0 Å². The molecule has 1 aliphatic carbocycles. The Hall–Kier alpha value is -2.50. The van der Waals surface area contributed by atoms with Gasteiger partial charge in [0.25, 0.3) is 0 Å². The highest BCUT2D eigenvalue weighted by Crippen LogP contribution is 2.39. The second kappa shape index (κ2) is 11.5. The predicted octanol–water partition coefficient (Wildman–Crippen LogP) is 5.98. The highest BCUT2D eigenvalue weighted by molar-refractivity contribution is 5.91. The minimum atomic E-state index is -0.501. The van der Waals surface area contributed by atoms with E-state index in [2.05, 4.69) is 49.1 Å². The van der Waals surface area contributed by atoms with Crippen molar-refractivity contribution in [3.05, 3.63) is 75.9 Å². The maximum Gasteiger partial charge on any atom is 0.337 e. The minimum absolute atomic E-state index is 0.200. The molecule has 0 saturated carbocycles. The number of halogens is 1. The highest BCUT2D eigenvalue weighted by atomic mass is 19.1. The summed E-state index contributed by atoms with van der Waals surface area (Å²) in [6, 6.07) is 14.3. The molecule has 1 aliphatic heterocycles. The molecule has 0 radical (unpaired) electrons. The second-order valence-corrected chi connectivity index (χ2v) is 10.4. The van der Waals surface area contributed by atoms with Crippen LogP contribution < -0.4 is 0 Å². The average molecular weight is 480 g/mol. The Bertz CT molecular complexity index is 1050. The van der Waals surface area contributed by atoms with E-state index in [1.165, 1.54) is 29.4 Å². The van der Waals surface area contributed by atoms with Crippen molar-refractivity contribution in [3.8, 4) is 0 Å². The summed E-state index contributed by atoms with van der Waals surface area (Å²) in [4.78, 5) is 14.3.